The van der Waals surface area contributed by atoms with Gasteiger partial charge in [0.25, 0.3) is 0 Å². The highest BCUT2D eigenvalue weighted by atomic mass is 16.2. The van der Waals surface area contributed by atoms with Gasteiger partial charge in [-0.2, -0.15) is 0 Å². The van der Waals surface area contributed by atoms with E-state index in [4.69, 9.17) is 0 Å². The molecule has 0 spiro atoms. The molecule has 2 amide bonds. The molecule has 20 heavy (non-hydrogen) atoms. The normalized spacial score (nSPS) is 22.1. The molecule has 2 N–H and O–H groups in total. The summed E-state index contributed by atoms with van der Waals surface area (Å²) >= 11 is 0. The topological polar surface area (TPSA) is 58.2 Å². The first-order valence-corrected chi connectivity index (χ1v) is 7.25. The molecular formula is C16H22N2O2. The van der Waals surface area contributed by atoms with Gasteiger partial charge >= 0.3 is 11.8 Å². The van der Waals surface area contributed by atoms with Gasteiger partial charge in [-0.1, -0.05) is 31.9 Å². The Morgan fingerprint density at radius 3 is 2.60 bits per heavy atom. The van der Waals surface area contributed by atoms with E-state index < -0.39 is 11.8 Å². The van der Waals surface area contributed by atoms with Crippen LogP contribution in [0.25, 0.3) is 0 Å². The number of nitrogens with one attached hydrogen (secondary N) is 2. The second-order valence-corrected chi connectivity index (χ2v) is 5.67. The smallest absolute Gasteiger partial charge is 0.313 e. The zero-order chi connectivity index (χ0) is 14.5. The second-order valence-electron chi connectivity index (χ2n) is 5.67. The van der Waals surface area contributed by atoms with Crippen LogP contribution >= 0.6 is 0 Å². The molecule has 0 unspecified atom stereocenters. The van der Waals surface area contributed by atoms with Crippen molar-refractivity contribution in [3.05, 3.63) is 29.8 Å². The van der Waals surface area contributed by atoms with E-state index >= 15 is 0 Å². The van der Waals surface area contributed by atoms with Crippen LogP contribution in [-0.2, 0) is 9.59 Å². The van der Waals surface area contributed by atoms with E-state index in [9.17, 15) is 9.59 Å². The number of rotatable bonds is 2. The van der Waals surface area contributed by atoms with Crippen LogP contribution < -0.4 is 10.6 Å². The number of aryl methyl sites for hydroxylation is 1. The summed E-state index contributed by atoms with van der Waals surface area (Å²) in [6, 6.07) is 7.54. The van der Waals surface area contributed by atoms with Crippen molar-refractivity contribution in [1.29, 1.82) is 0 Å². The molecule has 0 saturated heterocycles. The van der Waals surface area contributed by atoms with Crippen LogP contribution in [0.4, 0.5) is 5.69 Å². The first-order valence-electron chi connectivity index (χ1n) is 7.25. The third-order valence-electron chi connectivity index (χ3n) is 3.91. The molecule has 0 heterocycles. The fourth-order valence-electron chi connectivity index (χ4n) is 2.68. The summed E-state index contributed by atoms with van der Waals surface area (Å²) in [5.74, 6) is -0.682. The lowest BCUT2D eigenvalue weighted by molar-refractivity contribution is -0.137. The third-order valence-corrected chi connectivity index (χ3v) is 3.91. The van der Waals surface area contributed by atoms with E-state index in [-0.39, 0.29) is 6.04 Å². The van der Waals surface area contributed by atoms with Gasteiger partial charge in [-0.05, 0) is 43.4 Å². The molecule has 0 aromatic heterocycles. The number of hydrogen-bond acceptors (Lipinski definition) is 2. The van der Waals surface area contributed by atoms with Crippen LogP contribution in [-0.4, -0.2) is 17.9 Å². The molecule has 1 saturated carbocycles. The van der Waals surface area contributed by atoms with Gasteiger partial charge in [0, 0.05) is 11.7 Å². The molecule has 2 rings (SSSR count). The maximum Gasteiger partial charge on any atom is 0.313 e. The highest BCUT2D eigenvalue weighted by Crippen LogP contribution is 2.23. The Kier molecular flexibility index (Phi) is 4.77. The van der Waals surface area contributed by atoms with Crippen molar-refractivity contribution in [3.63, 3.8) is 0 Å². The minimum Gasteiger partial charge on any atom is -0.345 e. The summed E-state index contributed by atoms with van der Waals surface area (Å²) in [4.78, 5) is 23.8. The van der Waals surface area contributed by atoms with Crippen molar-refractivity contribution in [2.24, 2.45) is 5.92 Å². The SMILES string of the molecule is Cc1cccc(NC(=O)C(=O)N[C@H]2CCCC[C@@H]2C)c1. The first-order chi connectivity index (χ1) is 9.56. The van der Waals surface area contributed by atoms with Crippen LogP contribution in [0.5, 0.6) is 0 Å². The minimum absolute atomic E-state index is 0.125. The summed E-state index contributed by atoms with van der Waals surface area (Å²) in [7, 11) is 0. The van der Waals surface area contributed by atoms with Crippen molar-refractivity contribution in [2.75, 3.05) is 5.32 Å². The molecule has 1 aromatic carbocycles. The molecule has 1 aliphatic carbocycles. The van der Waals surface area contributed by atoms with Gasteiger partial charge in [-0.3, -0.25) is 9.59 Å². The Hall–Kier alpha value is -1.84. The number of carbonyl (C=O) groups excluding carboxylic acids is 2. The van der Waals surface area contributed by atoms with Gasteiger partial charge in [0.15, 0.2) is 0 Å². The Labute approximate surface area is 119 Å². The lowest BCUT2D eigenvalue weighted by atomic mass is 9.86. The van der Waals surface area contributed by atoms with E-state index in [0.29, 0.717) is 11.6 Å². The van der Waals surface area contributed by atoms with Gasteiger partial charge < -0.3 is 10.6 Å². The quantitative estimate of drug-likeness (QED) is 0.814. The molecule has 1 aliphatic rings. The predicted molar refractivity (Wildman–Crippen MR) is 79.4 cm³/mol. The van der Waals surface area contributed by atoms with Crippen LogP contribution in [0.3, 0.4) is 0 Å². The van der Waals surface area contributed by atoms with Crippen LogP contribution in [0.1, 0.15) is 38.2 Å². The third kappa shape index (κ3) is 3.83. The van der Waals surface area contributed by atoms with E-state index in [1.54, 1.807) is 6.07 Å². The molecule has 1 fully saturated rings. The van der Waals surface area contributed by atoms with Crippen molar-refractivity contribution in [3.8, 4) is 0 Å². The Bertz CT molecular complexity index is 499. The standard InChI is InChI=1S/C16H22N2O2/c1-11-6-5-8-13(10-11)17-15(19)16(20)18-14-9-4-3-7-12(14)2/h5-6,8,10,12,14H,3-4,7,9H2,1-2H3,(H,17,19)(H,18,20)/t12-,14-/m0/s1. The van der Waals surface area contributed by atoms with Gasteiger partial charge in [-0.25, -0.2) is 0 Å². The zero-order valence-corrected chi connectivity index (χ0v) is 12.1. The molecule has 108 valence electrons. The molecule has 2 atom stereocenters. The highest BCUT2D eigenvalue weighted by molar-refractivity contribution is 6.39. The number of anilines is 1. The summed E-state index contributed by atoms with van der Waals surface area (Å²) in [6.07, 6.45) is 4.41. The fraction of sp³-hybridized carbons (Fsp3) is 0.500. The Morgan fingerprint density at radius 2 is 1.90 bits per heavy atom. The number of amides is 2. The Balaban J connectivity index is 1.90. The molecule has 4 nitrogen and oxygen atoms in total. The van der Waals surface area contributed by atoms with Gasteiger partial charge in [0.05, 0.1) is 0 Å². The maximum absolute atomic E-state index is 11.9. The van der Waals surface area contributed by atoms with Crippen molar-refractivity contribution >= 4 is 17.5 Å². The fourth-order valence-corrected chi connectivity index (χ4v) is 2.68. The number of benzene rings is 1. The lowest BCUT2D eigenvalue weighted by Gasteiger charge is -2.29. The van der Waals surface area contributed by atoms with Crippen molar-refractivity contribution in [2.45, 2.75) is 45.6 Å². The average Bonchev–Trinajstić information content (AvgIpc) is 2.41. The molecular weight excluding hydrogens is 252 g/mol. The zero-order valence-electron chi connectivity index (χ0n) is 12.1. The lowest BCUT2D eigenvalue weighted by Crippen LogP contribution is -2.45. The van der Waals surface area contributed by atoms with E-state index in [2.05, 4.69) is 17.6 Å². The minimum atomic E-state index is -0.589. The molecule has 0 aliphatic heterocycles. The average molecular weight is 274 g/mol. The predicted octanol–water partition coefficient (Wildman–Crippen LogP) is 2.63. The number of carbonyl (C=O) groups is 2. The van der Waals surface area contributed by atoms with Gasteiger partial charge in [0.2, 0.25) is 0 Å². The van der Waals surface area contributed by atoms with E-state index in [1.807, 2.05) is 25.1 Å². The first kappa shape index (κ1) is 14.6. The van der Waals surface area contributed by atoms with Crippen LogP contribution in [0.2, 0.25) is 0 Å². The van der Waals surface area contributed by atoms with Gasteiger partial charge in [0.1, 0.15) is 0 Å². The summed E-state index contributed by atoms with van der Waals surface area (Å²) in [5, 5.41) is 5.49. The summed E-state index contributed by atoms with van der Waals surface area (Å²) in [6.45, 7) is 4.07. The molecule has 4 heteroatoms. The molecule has 0 bridgehead atoms. The summed E-state index contributed by atoms with van der Waals surface area (Å²) < 4.78 is 0. The molecule has 1 aromatic rings. The monoisotopic (exact) mass is 274 g/mol. The maximum atomic E-state index is 11.9. The Morgan fingerprint density at radius 1 is 1.15 bits per heavy atom. The van der Waals surface area contributed by atoms with Crippen molar-refractivity contribution in [1.82, 2.24) is 5.32 Å². The van der Waals surface area contributed by atoms with Crippen LogP contribution in [0, 0.1) is 12.8 Å². The second kappa shape index (κ2) is 6.55. The van der Waals surface area contributed by atoms with E-state index in [0.717, 1.165) is 24.8 Å². The van der Waals surface area contributed by atoms with Gasteiger partial charge in [-0.15, -0.1) is 0 Å². The number of hydrogen-bond donors (Lipinski definition) is 2. The van der Waals surface area contributed by atoms with Crippen molar-refractivity contribution < 1.29 is 9.59 Å². The molecule has 0 radical (unpaired) electrons. The van der Waals surface area contributed by atoms with Crippen LogP contribution in [0.15, 0.2) is 24.3 Å². The largest absolute Gasteiger partial charge is 0.345 e. The summed E-state index contributed by atoms with van der Waals surface area (Å²) in [5.41, 5.74) is 1.70. The van der Waals surface area contributed by atoms with E-state index in [1.165, 1.54) is 6.42 Å². The highest BCUT2D eigenvalue weighted by Gasteiger charge is 2.25.